The summed E-state index contributed by atoms with van der Waals surface area (Å²) >= 11 is 7.38. The third-order valence-electron chi connectivity index (χ3n) is 5.02. The second kappa shape index (κ2) is 9.01. The molecule has 0 fully saturated rings. The highest BCUT2D eigenvalue weighted by Gasteiger charge is 2.28. The zero-order valence-electron chi connectivity index (χ0n) is 17.2. The lowest BCUT2D eigenvalue weighted by molar-refractivity contribution is -0.123. The standard InChI is InChI=1S/C24H17ClN4O3S/c25-16-5-7-17(8-6-16)27-22(30)12-29-20-11-15(4-9-21(20)32-13-23(29)31)19-14-33-24(28-19)18-3-1-2-10-26-18/h1-11,14H,12-13H2,(H,27,30). The molecule has 0 saturated heterocycles. The van der Waals surface area contributed by atoms with Crippen LogP contribution in [0, 0.1) is 0 Å². The number of hydrogen-bond acceptors (Lipinski definition) is 6. The summed E-state index contributed by atoms with van der Waals surface area (Å²) in [7, 11) is 0. The number of aromatic nitrogens is 2. The van der Waals surface area contributed by atoms with Crippen LogP contribution in [0.4, 0.5) is 11.4 Å². The Kier molecular flexibility index (Phi) is 5.77. The first kappa shape index (κ1) is 21.1. The Balaban J connectivity index is 1.40. The van der Waals surface area contributed by atoms with Gasteiger partial charge < -0.3 is 10.1 Å². The summed E-state index contributed by atoms with van der Waals surface area (Å²) in [5.41, 5.74) is 3.50. The first-order valence-electron chi connectivity index (χ1n) is 10.1. The van der Waals surface area contributed by atoms with Crippen molar-refractivity contribution in [1.29, 1.82) is 0 Å². The SMILES string of the molecule is O=C(CN1C(=O)COc2ccc(-c3csc(-c4ccccn4)n3)cc21)Nc1ccc(Cl)cc1. The maximum atomic E-state index is 12.6. The number of nitrogens with zero attached hydrogens (tertiary/aromatic N) is 3. The summed E-state index contributed by atoms with van der Waals surface area (Å²) < 4.78 is 5.58. The molecule has 1 N–H and O–H groups in total. The molecule has 2 aromatic heterocycles. The topological polar surface area (TPSA) is 84.4 Å². The molecule has 1 aliphatic heterocycles. The van der Waals surface area contributed by atoms with Crippen LogP contribution in [0.3, 0.4) is 0 Å². The number of benzene rings is 2. The van der Waals surface area contributed by atoms with Crippen molar-refractivity contribution in [3.05, 3.63) is 77.3 Å². The third-order valence-corrected chi connectivity index (χ3v) is 6.13. The molecule has 3 heterocycles. The molecule has 2 amide bonds. The smallest absolute Gasteiger partial charge is 0.265 e. The van der Waals surface area contributed by atoms with Crippen molar-refractivity contribution in [2.75, 3.05) is 23.4 Å². The second-order valence-corrected chi connectivity index (χ2v) is 8.55. The highest BCUT2D eigenvalue weighted by molar-refractivity contribution is 7.13. The van der Waals surface area contributed by atoms with Crippen LogP contribution in [0.15, 0.2) is 72.2 Å². The van der Waals surface area contributed by atoms with Crippen molar-refractivity contribution in [1.82, 2.24) is 9.97 Å². The molecular formula is C24H17ClN4O3S. The molecular weight excluding hydrogens is 460 g/mol. The highest BCUT2D eigenvalue weighted by atomic mass is 35.5. The van der Waals surface area contributed by atoms with E-state index >= 15 is 0 Å². The van der Waals surface area contributed by atoms with Crippen LogP contribution in [0.1, 0.15) is 0 Å². The van der Waals surface area contributed by atoms with Crippen molar-refractivity contribution in [3.8, 4) is 27.7 Å². The quantitative estimate of drug-likeness (QED) is 0.443. The number of hydrogen-bond donors (Lipinski definition) is 1. The Morgan fingerprint density at radius 3 is 2.76 bits per heavy atom. The molecule has 9 heteroatoms. The minimum Gasteiger partial charge on any atom is -0.482 e. The van der Waals surface area contributed by atoms with Gasteiger partial charge in [0.15, 0.2) is 6.61 Å². The molecule has 0 unspecified atom stereocenters. The van der Waals surface area contributed by atoms with Crippen LogP contribution in [0.2, 0.25) is 5.02 Å². The van der Waals surface area contributed by atoms with Gasteiger partial charge in [-0.3, -0.25) is 19.5 Å². The molecule has 0 radical (unpaired) electrons. The van der Waals surface area contributed by atoms with Gasteiger partial charge in [0.1, 0.15) is 17.3 Å². The number of carbonyl (C=O) groups is 2. The molecule has 0 saturated carbocycles. The Bertz CT molecular complexity index is 1330. The first-order chi connectivity index (χ1) is 16.1. The van der Waals surface area contributed by atoms with Crippen LogP contribution >= 0.6 is 22.9 Å². The summed E-state index contributed by atoms with van der Waals surface area (Å²) in [6, 6.07) is 18.0. The number of anilines is 2. The molecule has 0 spiro atoms. The fourth-order valence-corrected chi connectivity index (χ4v) is 4.36. The van der Waals surface area contributed by atoms with E-state index in [1.54, 1.807) is 36.5 Å². The number of pyridine rings is 1. The van der Waals surface area contributed by atoms with Crippen molar-refractivity contribution in [2.45, 2.75) is 0 Å². The number of ether oxygens (including phenoxy) is 1. The predicted octanol–water partition coefficient (Wildman–Crippen LogP) is 4.89. The van der Waals surface area contributed by atoms with E-state index in [1.807, 2.05) is 35.7 Å². The molecule has 0 bridgehead atoms. The van der Waals surface area contributed by atoms with Crippen molar-refractivity contribution in [2.24, 2.45) is 0 Å². The van der Waals surface area contributed by atoms with E-state index < -0.39 is 0 Å². The van der Waals surface area contributed by atoms with Gasteiger partial charge in [-0.2, -0.15) is 0 Å². The van der Waals surface area contributed by atoms with Gasteiger partial charge in [0.25, 0.3) is 5.91 Å². The molecule has 1 aliphatic rings. The fraction of sp³-hybridized carbons (Fsp3) is 0.0833. The molecule has 33 heavy (non-hydrogen) atoms. The molecule has 0 atom stereocenters. The average Bonchev–Trinajstić information content (AvgIpc) is 3.33. The molecule has 2 aromatic carbocycles. The van der Waals surface area contributed by atoms with Gasteiger partial charge >= 0.3 is 0 Å². The Morgan fingerprint density at radius 1 is 1.12 bits per heavy atom. The zero-order valence-corrected chi connectivity index (χ0v) is 18.8. The van der Waals surface area contributed by atoms with E-state index in [9.17, 15) is 9.59 Å². The minimum absolute atomic E-state index is 0.124. The maximum Gasteiger partial charge on any atom is 0.265 e. The van der Waals surface area contributed by atoms with Gasteiger partial charge in [-0.1, -0.05) is 17.7 Å². The number of amides is 2. The monoisotopic (exact) mass is 476 g/mol. The van der Waals surface area contributed by atoms with Crippen molar-refractivity contribution < 1.29 is 14.3 Å². The summed E-state index contributed by atoms with van der Waals surface area (Å²) in [5.74, 6) is -0.0776. The minimum atomic E-state index is -0.324. The van der Waals surface area contributed by atoms with Gasteiger partial charge in [0.05, 0.1) is 17.1 Å². The van der Waals surface area contributed by atoms with Gasteiger partial charge in [-0.25, -0.2) is 4.98 Å². The number of halogens is 1. The van der Waals surface area contributed by atoms with E-state index in [4.69, 9.17) is 16.3 Å². The molecule has 7 nitrogen and oxygen atoms in total. The molecule has 164 valence electrons. The number of thiazole rings is 1. The summed E-state index contributed by atoms with van der Waals surface area (Å²) in [5, 5.41) is 6.10. The number of fused-ring (bicyclic) bond motifs is 1. The Hall–Kier alpha value is -3.75. The predicted molar refractivity (Wildman–Crippen MR) is 129 cm³/mol. The van der Waals surface area contributed by atoms with Crippen LogP contribution in [-0.4, -0.2) is 34.9 Å². The van der Waals surface area contributed by atoms with E-state index in [0.29, 0.717) is 22.1 Å². The van der Waals surface area contributed by atoms with E-state index in [0.717, 1.165) is 22.0 Å². The molecule has 0 aliphatic carbocycles. The number of rotatable bonds is 5. The highest BCUT2D eigenvalue weighted by Crippen LogP contribution is 2.37. The first-order valence-corrected chi connectivity index (χ1v) is 11.3. The van der Waals surface area contributed by atoms with Crippen LogP contribution in [-0.2, 0) is 9.59 Å². The van der Waals surface area contributed by atoms with E-state index in [2.05, 4.69) is 15.3 Å². The normalized spacial score (nSPS) is 12.8. The number of nitrogens with one attached hydrogen (secondary N) is 1. The van der Waals surface area contributed by atoms with Crippen LogP contribution in [0.25, 0.3) is 22.0 Å². The summed E-state index contributed by atoms with van der Waals surface area (Å²) in [4.78, 5) is 35.7. The maximum absolute atomic E-state index is 12.6. The van der Waals surface area contributed by atoms with Gasteiger partial charge in [0.2, 0.25) is 5.91 Å². The van der Waals surface area contributed by atoms with E-state index in [1.165, 1.54) is 16.2 Å². The number of carbonyl (C=O) groups excluding carboxylic acids is 2. The van der Waals surface area contributed by atoms with Gasteiger partial charge in [-0.15, -0.1) is 11.3 Å². The van der Waals surface area contributed by atoms with E-state index in [-0.39, 0.29) is 25.0 Å². The fourth-order valence-electron chi connectivity index (χ4n) is 3.43. The van der Waals surface area contributed by atoms with Crippen molar-refractivity contribution >= 4 is 46.1 Å². The lowest BCUT2D eigenvalue weighted by Gasteiger charge is -2.29. The third kappa shape index (κ3) is 4.57. The Morgan fingerprint density at radius 2 is 1.97 bits per heavy atom. The Labute approximate surface area is 198 Å². The zero-order chi connectivity index (χ0) is 22.8. The van der Waals surface area contributed by atoms with Crippen LogP contribution < -0.4 is 15.0 Å². The summed E-state index contributed by atoms with van der Waals surface area (Å²) in [6.07, 6.45) is 1.73. The van der Waals surface area contributed by atoms with Crippen molar-refractivity contribution in [3.63, 3.8) is 0 Å². The van der Waals surface area contributed by atoms with Gasteiger partial charge in [-0.05, 0) is 54.6 Å². The largest absolute Gasteiger partial charge is 0.482 e. The average molecular weight is 477 g/mol. The molecule has 4 aromatic rings. The second-order valence-electron chi connectivity index (χ2n) is 7.26. The van der Waals surface area contributed by atoms with Gasteiger partial charge in [0, 0.05) is 27.9 Å². The summed E-state index contributed by atoms with van der Waals surface area (Å²) in [6.45, 7) is -0.265. The lowest BCUT2D eigenvalue weighted by Crippen LogP contribution is -2.43. The van der Waals surface area contributed by atoms with Crippen LogP contribution in [0.5, 0.6) is 5.75 Å². The molecule has 5 rings (SSSR count). The lowest BCUT2D eigenvalue weighted by atomic mass is 10.1.